The number of nitrogens with two attached hydrogens (primary N) is 1. The van der Waals surface area contributed by atoms with Crippen LogP contribution in [0.3, 0.4) is 0 Å². The van der Waals surface area contributed by atoms with Crippen LogP contribution in [0.5, 0.6) is 11.5 Å². The number of benzene rings is 3. The molecule has 3 N–H and O–H groups in total. The number of nitrogens with zero attached hydrogens (tertiary/aromatic N) is 2. The molecule has 1 fully saturated rings. The van der Waals surface area contributed by atoms with Crippen LogP contribution in [0.1, 0.15) is 58.3 Å². The summed E-state index contributed by atoms with van der Waals surface area (Å²) in [7, 11) is 0. The zero-order valence-electron chi connectivity index (χ0n) is 23.8. The Morgan fingerprint density at radius 1 is 1.12 bits per heavy atom. The summed E-state index contributed by atoms with van der Waals surface area (Å²) >= 11 is 0. The Bertz CT molecular complexity index is 1640. The molecule has 214 valence electrons. The smallest absolute Gasteiger partial charge is 0.251 e. The largest absolute Gasteiger partial charge is 0.485 e. The molecule has 4 aromatic rings. The Kier molecular flexibility index (Phi) is 7.29. The molecule has 0 spiro atoms. The molecular weight excluding hydrogens is 528 g/mol. The van der Waals surface area contributed by atoms with Crippen LogP contribution in [-0.2, 0) is 17.8 Å². The highest BCUT2D eigenvalue weighted by molar-refractivity contribution is 5.99. The lowest BCUT2D eigenvalue weighted by Gasteiger charge is -2.50. The first-order valence-corrected chi connectivity index (χ1v) is 14.2. The number of hydrogen-bond acceptors (Lipinski definition) is 6. The van der Waals surface area contributed by atoms with E-state index in [1.165, 1.54) is 5.56 Å². The van der Waals surface area contributed by atoms with Crippen molar-refractivity contribution < 1.29 is 19.1 Å². The summed E-state index contributed by atoms with van der Waals surface area (Å²) in [6.45, 7) is 4.73. The molecule has 2 aliphatic rings. The number of nitrogens with one attached hydrogen (secondary N) is 1. The van der Waals surface area contributed by atoms with Crippen LogP contribution in [0, 0.1) is 6.92 Å². The fourth-order valence-corrected chi connectivity index (χ4v) is 5.90. The maximum absolute atomic E-state index is 13.6. The minimum atomic E-state index is -0.958. The first-order valence-electron chi connectivity index (χ1n) is 14.2. The Hall–Kier alpha value is -4.85. The predicted molar refractivity (Wildman–Crippen MR) is 162 cm³/mol. The summed E-state index contributed by atoms with van der Waals surface area (Å²) in [6, 6.07) is 24.9. The van der Waals surface area contributed by atoms with Crippen LogP contribution in [0.4, 0.5) is 11.5 Å². The first-order chi connectivity index (χ1) is 20.3. The molecule has 0 saturated carbocycles. The second-order valence-corrected chi connectivity index (χ2v) is 11.2. The van der Waals surface area contributed by atoms with Crippen LogP contribution in [0.25, 0.3) is 0 Å². The van der Waals surface area contributed by atoms with Crippen molar-refractivity contribution in [1.82, 2.24) is 10.3 Å². The third-order valence-corrected chi connectivity index (χ3v) is 8.04. The van der Waals surface area contributed by atoms with Gasteiger partial charge in [0.15, 0.2) is 17.2 Å². The molecule has 42 heavy (non-hydrogen) atoms. The molecule has 2 unspecified atom stereocenters. The maximum atomic E-state index is 13.6. The molecule has 2 amide bonds. The van der Waals surface area contributed by atoms with Crippen molar-refractivity contribution in [3.63, 3.8) is 0 Å². The number of aromatic nitrogens is 1. The number of rotatable bonds is 8. The van der Waals surface area contributed by atoms with Crippen molar-refractivity contribution in [2.24, 2.45) is 0 Å². The molecule has 8 nitrogen and oxygen atoms in total. The number of para-hydroxylation sites is 1. The SMILES string of the molecule is Cc1ccc(CCNC(=O)c2cccc(N3C(=O)CC4CC3(C)Oc3c(OCc5cccnc5N)cccc34)c2)cc1. The van der Waals surface area contributed by atoms with E-state index >= 15 is 0 Å². The van der Waals surface area contributed by atoms with E-state index in [4.69, 9.17) is 15.2 Å². The molecule has 3 heterocycles. The molecule has 1 aromatic heterocycles. The van der Waals surface area contributed by atoms with Gasteiger partial charge < -0.3 is 20.5 Å². The fourth-order valence-electron chi connectivity index (χ4n) is 5.90. The van der Waals surface area contributed by atoms with Crippen molar-refractivity contribution in [3.8, 4) is 11.5 Å². The van der Waals surface area contributed by atoms with Crippen LogP contribution in [-0.4, -0.2) is 29.1 Å². The van der Waals surface area contributed by atoms with Gasteiger partial charge in [-0.1, -0.05) is 54.1 Å². The summed E-state index contributed by atoms with van der Waals surface area (Å²) < 4.78 is 12.8. The molecule has 2 bridgehead atoms. The number of anilines is 2. The Morgan fingerprint density at radius 3 is 2.74 bits per heavy atom. The number of piperidine rings is 1. The third kappa shape index (κ3) is 5.40. The Morgan fingerprint density at radius 2 is 1.93 bits per heavy atom. The standard InChI is InChI=1S/C34H34N4O4/c1-22-11-13-23(14-12-22)15-17-37-33(40)24-6-3-8-27(18-24)38-30(39)19-26-20-34(38,2)42-31-28(26)9-4-10-29(31)41-21-25-7-5-16-36-32(25)35/h3-14,16,18,26H,15,17,19-21H2,1-2H3,(H2,35,36)(H,37,40). The van der Waals surface area contributed by atoms with Crippen molar-refractivity contribution in [3.05, 3.63) is 113 Å². The lowest BCUT2D eigenvalue weighted by Crippen LogP contribution is -2.60. The van der Waals surface area contributed by atoms with Gasteiger partial charge in [0.25, 0.3) is 5.91 Å². The van der Waals surface area contributed by atoms with E-state index in [-0.39, 0.29) is 24.3 Å². The topological polar surface area (TPSA) is 107 Å². The number of carbonyl (C=O) groups is 2. The van der Waals surface area contributed by atoms with Crippen molar-refractivity contribution in [2.45, 2.75) is 51.4 Å². The maximum Gasteiger partial charge on any atom is 0.251 e. The molecule has 6 rings (SSSR count). The second kappa shape index (κ2) is 11.2. The van der Waals surface area contributed by atoms with Crippen LogP contribution in [0.2, 0.25) is 0 Å². The molecule has 1 saturated heterocycles. The van der Waals surface area contributed by atoms with Gasteiger partial charge in [-0.15, -0.1) is 0 Å². The highest BCUT2D eigenvalue weighted by Gasteiger charge is 2.50. The normalized spacial score (nSPS) is 19.0. The van der Waals surface area contributed by atoms with Gasteiger partial charge in [0.05, 0.1) is 0 Å². The Labute approximate surface area is 245 Å². The van der Waals surface area contributed by atoms with Gasteiger partial charge in [0.2, 0.25) is 5.91 Å². The number of hydrogen-bond donors (Lipinski definition) is 2. The van der Waals surface area contributed by atoms with E-state index in [0.29, 0.717) is 48.0 Å². The van der Waals surface area contributed by atoms with Crippen molar-refractivity contribution >= 4 is 23.3 Å². The van der Waals surface area contributed by atoms with Gasteiger partial charge in [-0.2, -0.15) is 0 Å². The molecule has 0 radical (unpaired) electrons. The van der Waals surface area contributed by atoms with Gasteiger partial charge in [-0.25, -0.2) is 4.98 Å². The highest BCUT2D eigenvalue weighted by Crippen LogP contribution is 2.52. The molecule has 8 heteroatoms. The van der Waals surface area contributed by atoms with Gasteiger partial charge >= 0.3 is 0 Å². The van der Waals surface area contributed by atoms with Gasteiger partial charge in [-0.3, -0.25) is 14.5 Å². The molecule has 2 aliphatic heterocycles. The summed E-state index contributed by atoms with van der Waals surface area (Å²) in [5, 5.41) is 3.00. The fraction of sp³-hybridized carbons (Fsp3) is 0.265. The van der Waals surface area contributed by atoms with Crippen LogP contribution in [0.15, 0.2) is 85.1 Å². The molecule has 2 atom stereocenters. The summed E-state index contributed by atoms with van der Waals surface area (Å²) in [6.07, 6.45) is 3.33. The average molecular weight is 563 g/mol. The lowest BCUT2D eigenvalue weighted by atomic mass is 9.80. The number of carbonyl (C=O) groups excluding carboxylic acids is 2. The second-order valence-electron chi connectivity index (χ2n) is 11.2. The predicted octanol–water partition coefficient (Wildman–Crippen LogP) is 5.54. The highest BCUT2D eigenvalue weighted by atomic mass is 16.5. The van der Waals surface area contributed by atoms with E-state index in [0.717, 1.165) is 23.1 Å². The van der Waals surface area contributed by atoms with Crippen LogP contribution >= 0.6 is 0 Å². The quantitative estimate of drug-likeness (QED) is 0.292. The summed E-state index contributed by atoms with van der Waals surface area (Å²) in [5.41, 5.74) is 10.3. The van der Waals surface area contributed by atoms with Crippen LogP contribution < -0.4 is 25.4 Å². The van der Waals surface area contributed by atoms with Crippen molar-refractivity contribution in [1.29, 1.82) is 0 Å². The summed E-state index contributed by atoms with van der Waals surface area (Å²) in [4.78, 5) is 32.4. The van der Waals surface area contributed by atoms with E-state index in [9.17, 15) is 9.59 Å². The number of ether oxygens (including phenoxy) is 2. The van der Waals surface area contributed by atoms with E-state index in [2.05, 4.69) is 41.5 Å². The van der Waals surface area contributed by atoms with Gasteiger partial charge in [0, 0.05) is 53.9 Å². The van der Waals surface area contributed by atoms with Gasteiger partial charge in [0.1, 0.15) is 12.4 Å². The molecule has 0 aliphatic carbocycles. The van der Waals surface area contributed by atoms with Crippen molar-refractivity contribution in [2.75, 3.05) is 17.2 Å². The average Bonchev–Trinajstić information content (AvgIpc) is 2.97. The molecule has 3 aromatic carbocycles. The molecular formula is C34H34N4O4. The number of aryl methyl sites for hydroxylation is 1. The zero-order valence-corrected chi connectivity index (χ0v) is 23.8. The number of fused-ring (bicyclic) bond motifs is 4. The number of pyridine rings is 1. The number of amides is 2. The minimum Gasteiger partial charge on any atom is -0.485 e. The lowest BCUT2D eigenvalue weighted by molar-refractivity contribution is -0.127. The van der Waals surface area contributed by atoms with Gasteiger partial charge in [-0.05, 0) is 56.2 Å². The van der Waals surface area contributed by atoms with E-state index < -0.39 is 5.72 Å². The first kappa shape index (κ1) is 27.3. The summed E-state index contributed by atoms with van der Waals surface area (Å²) in [5.74, 6) is 1.39. The third-order valence-electron chi connectivity index (χ3n) is 8.04. The van der Waals surface area contributed by atoms with E-state index in [1.54, 1.807) is 29.3 Å². The Balaban J connectivity index is 1.21. The van der Waals surface area contributed by atoms with E-state index in [1.807, 2.05) is 43.3 Å². The zero-order chi connectivity index (χ0) is 29.3. The minimum absolute atomic E-state index is 0.0113. The monoisotopic (exact) mass is 562 g/mol. The number of nitrogen functional groups attached to an aromatic ring is 1.